The van der Waals surface area contributed by atoms with E-state index < -0.39 is 17.2 Å². The Balaban J connectivity index is 1.91. The first kappa shape index (κ1) is 15.0. The Bertz CT molecular complexity index is 611. The lowest BCUT2D eigenvalue weighted by Gasteiger charge is -2.31. The Kier molecular flexibility index (Phi) is 4.56. The number of likely N-dealkylation sites (tertiary alicyclic amines) is 1. The lowest BCUT2D eigenvalue weighted by atomic mass is 9.93. The van der Waals surface area contributed by atoms with Crippen LogP contribution < -0.4 is 11.2 Å². The molecule has 1 fully saturated rings. The molecule has 1 amide bonds. The SMILES string of the molecule is O=C(O)CC1CCN(C(=O)Cc2cc(=O)[nH]c(=O)[nH]2)CC1. The molecule has 2 heterocycles. The molecular formula is C13H17N3O5. The van der Waals surface area contributed by atoms with Crippen LogP contribution in [0.15, 0.2) is 15.7 Å². The molecule has 0 atom stereocenters. The highest BCUT2D eigenvalue weighted by atomic mass is 16.4. The number of carbonyl (C=O) groups is 2. The lowest BCUT2D eigenvalue weighted by molar-refractivity contribution is -0.138. The van der Waals surface area contributed by atoms with Crippen LogP contribution in [0, 0.1) is 5.92 Å². The van der Waals surface area contributed by atoms with Gasteiger partial charge >= 0.3 is 11.7 Å². The number of aliphatic carboxylic acids is 1. The number of nitrogens with zero attached hydrogens (tertiary/aromatic N) is 1. The first-order valence-corrected chi connectivity index (χ1v) is 6.76. The van der Waals surface area contributed by atoms with Crippen molar-refractivity contribution in [1.29, 1.82) is 0 Å². The second kappa shape index (κ2) is 6.38. The zero-order chi connectivity index (χ0) is 15.4. The normalized spacial score (nSPS) is 15.9. The second-order valence-corrected chi connectivity index (χ2v) is 5.21. The van der Waals surface area contributed by atoms with Crippen molar-refractivity contribution in [2.45, 2.75) is 25.7 Å². The predicted octanol–water partition coefficient (Wildman–Crippen LogP) is -0.681. The minimum absolute atomic E-state index is 0.0389. The van der Waals surface area contributed by atoms with Gasteiger partial charge < -0.3 is 15.0 Å². The molecule has 2 rings (SSSR count). The monoisotopic (exact) mass is 295 g/mol. The van der Waals surface area contributed by atoms with Gasteiger partial charge in [0.2, 0.25) is 5.91 Å². The molecule has 0 aliphatic carbocycles. The maximum absolute atomic E-state index is 12.1. The zero-order valence-electron chi connectivity index (χ0n) is 11.4. The van der Waals surface area contributed by atoms with Gasteiger partial charge in [-0.05, 0) is 18.8 Å². The molecule has 0 bridgehead atoms. The number of rotatable bonds is 4. The van der Waals surface area contributed by atoms with Crippen LogP contribution in [0.2, 0.25) is 0 Å². The third-order valence-electron chi connectivity index (χ3n) is 3.59. The largest absolute Gasteiger partial charge is 0.481 e. The van der Waals surface area contributed by atoms with Crippen molar-refractivity contribution in [3.8, 4) is 0 Å². The smallest absolute Gasteiger partial charge is 0.325 e. The molecule has 1 aromatic heterocycles. The number of hydrogen-bond acceptors (Lipinski definition) is 4. The van der Waals surface area contributed by atoms with Crippen LogP contribution in [0.1, 0.15) is 25.0 Å². The standard InChI is InChI=1S/C13H17N3O5/c17-10-6-9(14-13(21)15-10)7-11(18)16-3-1-8(2-4-16)5-12(19)20/h6,8H,1-5,7H2,(H,19,20)(H2,14,15,17,21). The van der Waals surface area contributed by atoms with Crippen LogP contribution in [0.25, 0.3) is 0 Å². The van der Waals surface area contributed by atoms with Crippen LogP contribution in [0.4, 0.5) is 0 Å². The summed E-state index contributed by atoms with van der Waals surface area (Å²) in [5.41, 5.74) is -0.895. The summed E-state index contributed by atoms with van der Waals surface area (Å²) in [7, 11) is 0. The highest BCUT2D eigenvalue weighted by Crippen LogP contribution is 2.20. The highest BCUT2D eigenvalue weighted by molar-refractivity contribution is 5.78. The van der Waals surface area contributed by atoms with Crippen LogP contribution in [0.5, 0.6) is 0 Å². The van der Waals surface area contributed by atoms with Crippen molar-refractivity contribution < 1.29 is 14.7 Å². The van der Waals surface area contributed by atoms with Gasteiger partial charge in [0.15, 0.2) is 0 Å². The molecule has 1 saturated heterocycles. The van der Waals surface area contributed by atoms with E-state index in [1.54, 1.807) is 4.90 Å². The number of carboxylic acids is 1. The minimum Gasteiger partial charge on any atom is -0.481 e. The van der Waals surface area contributed by atoms with Crippen molar-refractivity contribution in [2.24, 2.45) is 5.92 Å². The third kappa shape index (κ3) is 4.30. The molecule has 8 nitrogen and oxygen atoms in total. The molecule has 0 saturated carbocycles. The third-order valence-corrected chi connectivity index (χ3v) is 3.59. The van der Waals surface area contributed by atoms with Crippen LogP contribution in [0.3, 0.4) is 0 Å². The van der Waals surface area contributed by atoms with Crippen molar-refractivity contribution in [2.75, 3.05) is 13.1 Å². The Morgan fingerprint density at radius 3 is 2.48 bits per heavy atom. The molecule has 1 aromatic rings. The van der Waals surface area contributed by atoms with Gasteiger partial charge in [-0.3, -0.25) is 19.4 Å². The van der Waals surface area contributed by atoms with Crippen molar-refractivity contribution >= 4 is 11.9 Å². The molecule has 114 valence electrons. The number of carboxylic acid groups (broad SMARTS) is 1. The number of piperidine rings is 1. The molecule has 0 radical (unpaired) electrons. The number of H-pyrrole nitrogens is 2. The second-order valence-electron chi connectivity index (χ2n) is 5.21. The summed E-state index contributed by atoms with van der Waals surface area (Å²) in [5, 5.41) is 8.74. The number of aromatic nitrogens is 2. The van der Waals surface area contributed by atoms with E-state index in [9.17, 15) is 19.2 Å². The molecule has 0 unspecified atom stereocenters. The Hall–Kier alpha value is -2.38. The van der Waals surface area contributed by atoms with E-state index in [2.05, 4.69) is 4.98 Å². The topological polar surface area (TPSA) is 123 Å². The summed E-state index contributed by atoms with van der Waals surface area (Å²) in [6.07, 6.45) is 1.40. The Morgan fingerprint density at radius 1 is 1.24 bits per heavy atom. The molecule has 0 aromatic carbocycles. The van der Waals surface area contributed by atoms with Gasteiger partial charge in [0, 0.05) is 31.3 Å². The van der Waals surface area contributed by atoms with E-state index in [4.69, 9.17) is 5.11 Å². The van der Waals surface area contributed by atoms with Gasteiger partial charge in [-0.15, -0.1) is 0 Å². The van der Waals surface area contributed by atoms with E-state index in [-0.39, 0.29) is 30.4 Å². The van der Waals surface area contributed by atoms with Crippen LogP contribution >= 0.6 is 0 Å². The molecular weight excluding hydrogens is 278 g/mol. The number of hydrogen-bond donors (Lipinski definition) is 3. The highest BCUT2D eigenvalue weighted by Gasteiger charge is 2.24. The maximum atomic E-state index is 12.1. The van der Waals surface area contributed by atoms with E-state index in [1.807, 2.05) is 4.98 Å². The predicted molar refractivity (Wildman–Crippen MR) is 72.9 cm³/mol. The fourth-order valence-corrected chi connectivity index (χ4v) is 2.52. The molecule has 21 heavy (non-hydrogen) atoms. The van der Waals surface area contributed by atoms with Crippen LogP contribution in [-0.4, -0.2) is 44.9 Å². The van der Waals surface area contributed by atoms with Gasteiger partial charge in [-0.1, -0.05) is 0 Å². The summed E-state index contributed by atoms with van der Waals surface area (Å²) >= 11 is 0. The number of nitrogens with one attached hydrogen (secondary N) is 2. The fraction of sp³-hybridized carbons (Fsp3) is 0.538. The molecule has 8 heteroatoms. The first-order chi connectivity index (χ1) is 9.94. The minimum atomic E-state index is -0.819. The fourth-order valence-electron chi connectivity index (χ4n) is 2.52. The number of carbonyl (C=O) groups excluding carboxylic acids is 1. The lowest BCUT2D eigenvalue weighted by Crippen LogP contribution is -2.40. The summed E-state index contributed by atoms with van der Waals surface area (Å²) in [4.78, 5) is 51.1. The average Bonchev–Trinajstić information content (AvgIpc) is 2.37. The average molecular weight is 295 g/mol. The van der Waals surface area contributed by atoms with Crippen molar-refractivity contribution in [3.05, 3.63) is 32.6 Å². The maximum Gasteiger partial charge on any atom is 0.325 e. The Morgan fingerprint density at radius 2 is 1.90 bits per heavy atom. The quantitative estimate of drug-likeness (QED) is 0.679. The molecule has 1 aliphatic heterocycles. The van der Waals surface area contributed by atoms with Crippen LogP contribution in [-0.2, 0) is 16.0 Å². The zero-order valence-corrected chi connectivity index (χ0v) is 11.4. The summed E-state index contributed by atoms with van der Waals surface area (Å²) in [6, 6.07) is 1.19. The van der Waals surface area contributed by atoms with Crippen molar-refractivity contribution in [3.63, 3.8) is 0 Å². The summed E-state index contributed by atoms with van der Waals surface area (Å²) in [6.45, 7) is 1.01. The summed E-state index contributed by atoms with van der Waals surface area (Å²) < 4.78 is 0. The Labute approximate surface area is 119 Å². The van der Waals surface area contributed by atoms with Gasteiger partial charge in [-0.2, -0.15) is 0 Å². The van der Waals surface area contributed by atoms with Gasteiger partial charge in [0.25, 0.3) is 5.56 Å². The summed E-state index contributed by atoms with van der Waals surface area (Å²) in [5.74, 6) is -0.892. The van der Waals surface area contributed by atoms with Gasteiger partial charge in [0.1, 0.15) is 0 Å². The number of amides is 1. The van der Waals surface area contributed by atoms with E-state index in [0.717, 1.165) is 0 Å². The van der Waals surface area contributed by atoms with Gasteiger partial charge in [-0.25, -0.2) is 4.79 Å². The number of aromatic amines is 2. The van der Waals surface area contributed by atoms with Gasteiger partial charge in [0.05, 0.1) is 6.42 Å². The first-order valence-electron chi connectivity index (χ1n) is 6.76. The van der Waals surface area contributed by atoms with E-state index in [0.29, 0.717) is 25.9 Å². The van der Waals surface area contributed by atoms with Crippen molar-refractivity contribution in [1.82, 2.24) is 14.9 Å². The molecule has 3 N–H and O–H groups in total. The molecule has 1 aliphatic rings. The van der Waals surface area contributed by atoms with E-state index >= 15 is 0 Å². The molecule has 0 spiro atoms. The van der Waals surface area contributed by atoms with E-state index in [1.165, 1.54) is 6.07 Å².